The van der Waals surface area contributed by atoms with E-state index in [2.05, 4.69) is 17.3 Å². The molecule has 1 aliphatic heterocycles. The second-order valence-corrected chi connectivity index (χ2v) is 6.45. The molecule has 1 aliphatic carbocycles. The average Bonchev–Trinajstić information content (AvgIpc) is 2.87. The van der Waals surface area contributed by atoms with Gasteiger partial charge in [0.1, 0.15) is 6.61 Å². The summed E-state index contributed by atoms with van der Waals surface area (Å²) >= 11 is 0. The topological polar surface area (TPSA) is 41.6 Å². The Morgan fingerprint density at radius 2 is 2.05 bits per heavy atom. The molecule has 1 amide bonds. The van der Waals surface area contributed by atoms with E-state index in [0.29, 0.717) is 6.61 Å². The molecule has 3 rings (SSSR count). The largest absolute Gasteiger partial charge is 0.445 e. The molecule has 0 unspecified atom stereocenters. The summed E-state index contributed by atoms with van der Waals surface area (Å²) in [5.74, 6) is 1.52. The molecular formula is C17H24N2O2. The van der Waals surface area contributed by atoms with Crippen molar-refractivity contribution in [1.82, 2.24) is 10.2 Å². The van der Waals surface area contributed by atoms with Crippen LogP contribution in [0.2, 0.25) is 0 Å². The molecule has 1 aromatic rings. The highest BCUT2D eigenvalue weighted by Gasteiger charge is 2.37. The highest BCUT2D eigenvalue weighted by molar-refractivity contribution is 5.67. The first-order valence-electron chi connectivity index (χ1n) is 7.86. The lowest BCUT2D eigenvalue weighted by Crippen LogP contribution is -2.35. The van der Waals surface area contributed by atoms with Gasteiger partial charge in [0.15, 0.2) is 0 Å². The number of hydrogen-bond acceptors (Lipinski definition) is 3. The molecule has 2 fully saturated rings. The second-order valence-electron chi connectivity index (χ2n) is 6.45. The fourth-order valence-electron chi connectivity index (χ4n) is 3.72. The van der Waals surface area contributed by atoms with Gasteiger partial charge in [0, 0.05) is 12.6 Å². The molecule has 4 heteroatoms. The summed E-state index contributed by atoms with van der Waals surface area (Å²) in [5.41, 5.74) is 1.02. The molecule has 1 heterocycles. The van der Waals surface area contributed by atoms with Crippen molar-refractivity contribution in [2.45, 2.75) is 31.9 Å². The van der Waals surface area contributed by atoms with Crippen LogP contribution in [0.1, 0.15) is 24.8 Å². The van der Waals surface area contributed by atoms with Crippen LogP contribution in [0.4, 0.5) is 4.79 Å². The summed E-state index contributed by atoms with van der Waals surface area (Å²) in [6.45, 7) is 2.70. The van der Waals surface area contributed by atoms with Gasteiger partial charge in [-0.15, -0.1) is 0 Å². The maximum Gasteiger partial charge on any atom is 0.407 e. The smallest absolute Gasteiger partial charge is 0.407 e. The first-order valence-corrected chi connectivity index (χ1v) is 7.86. The Kier molecular flexibility index (Phi) is 4.44. The Balaban J connectivity index is 1.43. The summed E-state index contributed by atoms with van der Waals surface area (Å²) in [6.07, 6.45) is 3.18. The fraction of sp³-hybridized carbons (Fsp3) is 0.588. The van der Waals surface area contributed by atoms with Gasteiger partial charge in [-0.2, -0.15) is 0 Å². The number of likely N-dealkylation sites (tertiary alicyclic amines) is 1. The standard InChI is InChI=1S/C17H24N2O2/c1-19-8-7-14-9-16(10-15(14)11-19)18-17(20)21-12-13-5-3-2-4-6-13/h2-6,14-16H,7-12H2,1H3,(H,18,20)/t14-,15-,16+/m0/s1. The van der Waals surface area contributed by atoms with E-state index in [0.717, 1.165) is 30.2 Å². The van der Waals surface area contributed by atoms with Gasteiger partial charge in [-0.25, -0.2) is 4.79 Å². The minimum Gasteiger partial charge on any atom is -0.445 e. The Morgan fingerprint density at radius 1 is 1.29 bits per heavy atom. The third-order valence-electron chi connectivity index (χ3n) is 4.80. The van der Waals surface area contributed by atoms with Crippen LogP contribution < -0.4 is 5.32 Å². The number of hydrogen-bond donors (Lipinski definition) is 1. The fourth-order valence-corrected chi connectivity index (χ4v) is 3.72. The number of carbonyl (C=O) groups excluding carboxylic acids is 1. The number of alkyl carbamates (subject to hydrolysis) is 1. The van der Waals surface area contributed by atoms with Gasteiger partial charge in [-0.1, -0.05) is 30.3 Å². The number of carbonyl (C=O) groups is 1. The Hall–Kier alpha value is -1.55. The Bertz CT molecular complexity index is 477. The summed E-state index contributed by atoms with van der Waals surface area (Å²) in [7, 11) is 2.19. The summed E-state index contributed by atoms with van der Waals surface area (Å²) in [6, 6.07) is 10.1. The van der Waals surface area contributed by atoms with E-state index in [9.17, 15) is 4.79 Å². The van der Waals surface area contributed by atoms with Crippen LogP contribution in [0.25, 0.3) is 0 Å². The van der Waals surface area contributed by atoms with E-state index in [1.807, 2.05) is 30.3 Å². The Labute approximate surface area is 126 Å². The maximum absolute atomic E-state index is 11.9. The van der Waals surface area contributed by atoms with Crippen molar-refractivity contribution in [1.29, 1.82) is 0 Å². The summed E-state index contributed by atoms with van der Waals surface area (Å²) in [4.78, 5) is 14.3. The van der Waals surface area contributed by atoms with Crippen LogP contribution in [-0.2, 0) is 11.3 Å². The zero-order chi connectivity index (χ0) is 14.7. The van der Waals surface area contributed by atoms with Crippen molar-refractivity contribution in [2.75, 3.05) is 20.1 Å². The maximum atomic E-state index is 11.9. The van der Waals surface area contributed by atoms with Crippen LogP contribution in [0, 0.1) is 11.8 Å². The van der Waals surface area contributed by atoms with Crippen LogP contribution >= 0.6 is 0 Å². The van der Waals surface area contributed by atoms with Gasteiger partial charge in [0.05, 0.1) is 0 Å². The van der Waals surface area contributed by atoms with Crippen LogP contribution in [0.15, 0.2) is 30.3 Å². The van der Waals surface area contributed by atoms with Gasteiger partial charge < -0.3 is 15.0 Å². The SMILES string of the molecule is CN1CC[C@H]2C[C@@H](NC(=O)OCc3ccccc3)C[C@H]2C1. The third-order valence-corrected chi connectivity index (χ3v) is 4.80. The number of amides is 1. The molecule has 4 nitrogen and oxygen atoms in total. The van der Waals surface area contributed by atoms with Crippen molar-refractivity contribution in [3.63, 3.8) is 0 Å². The molecule has 0 bridgehead atoms. The number of nitrogens with one attached hydrogen (secondary N) is 1. The van der Waals surface area contributed by atoms with Crippen molar-refractivity contribution in [3.05, 3.63) is 35.9 Å². The Morgan fingerprint density at radius 3 is 2.86 bits per heavy atom. The molecular weight excluding hydrogens is 264 g/mol. The highest BCUT2D eigenvalue weighted by atomic mass is 16.5. The van der Waals surface area contributed by atoms with Crippen LogP contribution in [0.3, 0.4) is 0 Å². The van der Waals surface area contributed by atoms with Gasteiger partial charge in [0.2, 0.25) is 0 Å². The molecule has 1 saturated heterocycles. The number of piperidine rings is 1. The monoisotopic (exact) mass is 288 g/mol. The number of benzene rings is 1. The quantitative estimate of drug-likeness (QED) is 0.929. The number of fused-ring (bicyclic) bond motifs is 1. The molecule has 1 N–H and O–H groups in total. The first-order chi connectivity index (χ1) is 10.2. The molecule has 0 spiro atoms. The molecule has 1 aromatic carbocycles. The second kappa shape index (κ2) is 6.48. The number of rotatable bonds is 3. The van der Waals surface area contributed by atoms with Gasteiger partial charge in [-0.05, 0) is 50.3 Å². The summed E-state index contributed by atoms with van der Waals surface area (Å²) < 4.78 is 5.30. The van der Waals surface area contributed by atoms with Crippen molar-refractivity contribution < 1.29 is 9.53 Å². The predicted octanol–water partition coefficient (Wildman–Crippen LogP) is 2.64. The van der Waals surface area contributed by atoms with Crippen molar-refractivity contribution in [3.8, 4) is 0 Å². The van der Waals surface area contributed by atoms with Gasteiger partial charge in [0.25, 0.3) is 0 Å². The molecule has 2 aliphatic rings. The highest BCUT2D eigenvalue weighted by Crippen LogP contribution is 2.37. The van der Waals surface area contributed by atoms with Crippen molar-refractivity contribution >= 4 is 6.09 Å². The van der Waals surface area contributed by atoms with E-state index in [1.54, 1.807) is 0 Å². The number of ether oxygens (including phenoxy) is 1. The van der Waals surface area contributed by atoms with Crippen LogP contribution in [0.5, 0.6) is 0 Å². The lowest BCUT2D eigenvalue weighted by atomic mass is 9.89. The minimum absolute atomic E-state index is 0.282. The molecule has 0 radical (unpaired) electrons. The van der Waals surface area contributed by atoms with E-state index < -0.39 is 0 Å². The molecule has 21 heavy (non-hydrogen) atoms. The lowest BCUT2D eigenvalue weighted by molar-refractivity contribution is 0.135. The van der Waals surface area contributed by atoms with E-state index in [-0.39, 0.29) is 12.1 Å². The van der Waals surface area contributed by atoms with E-state index in [1.165, 1.54) is 19.5 Å². The molecule has 0 aromatic heterocycles. The van der Waals surface area contributed by atoms with Gasteiger partial charge >= 0.3 is 6.09 Å². The normalized spacial score (nSPS) is 28.9. The molecule has 3 atom stereocenters. The van der Waals surface area contributed by atoms with Crippen molar-refractivity contribution in [2.24, 2.45) is 11.8 Å². The lowest BCUT2D eigenvalue weighted by Gasteiger charge is -2.31. The van der Waals surface area contributed by atoms with Crippen LogP contribution in [-0.4, -0.2) is 37.2 Å². The molecule has 1 saturated carbocycles. The summed E-state index contributed by atoms with van der Waals surface area (Å²) in [5, 5.41) is 3.04. The molecule has 114 valence electrons. The zero-order valence-electron chi connectivity index (χ0n) is 12.6. The van der Waals surface area contributed by atoms with E-state index in [4.69, 9.17) is 4.74 Å². The third kappa shape index (κ3) is 3.76. The van der Waals surface area contributed by atoms with Gasteiger partial charge in [-0.3, -0.25) is 0 Å². The first kappa shape index (κ1) is 14.4. The zero-order valence-corrected chi connectivity index (χ0v) is 12.6. The number of nitrogens with zero attached hydrogens (tertiary/aromatic N) is 1. The minimum atomic E-state index is -0.282. The van der Waals surface area contributed by atoms with E-state index >= 15 is 0 Å². The predicted molar refractivity (Wildman–Crippen MR) is 81.9 cm³/mol. The average molecular weight is 288 g/mol.